The Kier molecular flexibility index (Phi) is 6.24. The molecule has 0 saturated heterocycles. The standard InChI is InChI=1S/C23H26N2S/c1-4-6-10-18-13-15-20(16-14-18)24-23-25-22(17(3)26-23)21(5-2)19-11-8-7-9-12-19/h4,6-9,11-16,21H,5,10H2,1-3H3,(H,24,25)/b6-4+. The summed E-state index contributed by atoms with van der Waals surface area (Å²) in [6.07, 6.45) is 6.29. The Morgan fingerprint density at radius 2 is 1.81 bits per heavy atom. The molecule has 1 N–H and O–H groups in total. The van der Waals surface area contributed by atoms with E-state index in [1.165, 1.54) is 21.7 Å². The molecule has 1 unspecified atom stereocenters. The summed E-state index contributed by atoms with van der Waals surface area (Å²) >= 11 is 1.73. The molecule has 2 aromatic carbocycles. The molecule has 3 heteroatoms. The molecule has 1 aromatic heterocycles. The van der Waals surface area contributed by atoms with E-state index < -0.39 is 0 Å². The fourth-order valence-corrected chi connectivity index (χ4v) is 4.05. The average molecular weight is 363 g/mol. The van der Waals surface area contributed by atoms with Gasteiger partial charge >= 0.3 is 0 Å². The molecule has 0 aliphatic heterocycles. The van der Waals surface area contributed by atoms with Gasteiger partial charge in [-0.2, -0.15) is 0 Å². The molecule has 0 fully saturated rings. The molecule has 1 atom stereocenters. The molecule has 2 nitrogen and oxygen atoms in total. The number of benzene rings is 2. The van der Waals surface area contributed by atoms with E-state index in [1.54, 1.807) is 11.3 Å². The number of rotatable bonds is 7. The highest BCUT2D eigenvalue weighted by Crippen LogP contribution is 2.35. The first-order valence-electron chi connectivity index (χ1n) is 9.20. The van der Waals surface area contributed by atoms with Gasteiger partial charge in [0.05, 0.1) is 5.69 Å². The Balaban J connectivity index is 1.77. The van der Waals surface area contributed by atoms with Gasteiger partial charge in [0.15, 0.2) is 5.13 Å². The average Bonchev–Trinajstić information content (AvgIpc) is 3.03. The maximum atomic E-state index is 4.92. The fourth-order valence-electron chi connectivity index (χ4n) is 3.16. The van der Waals surface area contributed by atoms with Crippen LogP contribution in [0.2, 0.25) is 0 Å². The van der Waals surface area contributed by atoms with Crippen LogP contribution in [0.5, 0.6) is 0 Å². The number of aryl methyl sites for hydroxylation is 1. The summed E-state index contributed by atoms with van der Waals surface area (Å²) in [6.45, 7) is 6.45. The Morgan fingerprint density at radius 1 is 1.08 bits per heavy atom. The third kappa shape index (κ3) is 4.41. The second-order valence-corrected chi connectivity index (χ2v) is 7.63. The number of allylic oxidation sites excluding steroid dienone is 2. The third-order valence-electron chi connectivity index (χ3n) is 4.57. The van der Waals surface area contributed by atoms with Gasteiger partial charge in [-0.1, -0.05) is 61.5 Å². The van der Waals surface area contributed by atoms with Crippen LogP contribution in [-0.2, 0) is 6.42 Å². The number of nitrogens with one attached hydrogen (secondary N) is 1. The van der Waals surface area contributed by atoms with E-state index in [1.807, 2.05) is 0 Å². The summed E-state index contributed by atoms with van der Waals surface area (Å²) < 4.78 is 0. The number of aromatic nitrogens is 1. The minimum atomic E-state index is 0.353. The van der Waals surface area contributed by atoms with Crippen molar-refractivity contribution >= 4 is 22.2 Å². The van der Waals surface area contributed by atoms with Crippen LogP contribution in [0, 0.1) is 6.92 Å². The van der Waals surface area contributed by atoms with Gasteiger partial charge in [-0.05, 0) is 49.9 Å². The summed E-state index contributed by atoms with van der Waals surface area (Å²) in [4.78, 5) is 6.21. The lowest BCUT2D eigenvalue weighted by atomic mass is 9.93. The van der Waals surface area contributed by atoms with E-state index in [-0.39, 0.29) is 0 Å². The molecule has 26 heavy (non-hydrogen) atoms. The maximum Gasteiger partial charge on any atom is 0.187 e. The van der Waals surface area contributed by atoms with E-state index in [0.29, 0.717) is 5.92 Å². The van der Waals surface area contributed by atoms with Gasteiger partial charge in [0.25, 0.3) is 0 Å². The second kappa shape index (κ2) is 8.81. The largest absolute Gasteiger partial charge is 0.332 e. The molecule has 3 aromatic rings. The number of anilines is 2. The van der Waals surface area contributed by atoms with Crippen LogP contribution in [0.1, 0.15) is 47.9 Å². The lowest BCUT2D eigenvalue weighted by Gasteiger charge is -2.14. The molecule has 3 rings (SSSR count). The molecular weight excluding hydrogens is 336 g/mol. The highest BCUT2D eigenvalue weighted by Gasteiger charge is 2.19. The Bertz CT molecular complexity index is 848. The van der Waals surface area contributed by atoms with Crippen molar-refractivity contribution in [3.63, 3.8) is 0 Å². The van der Waals surface area contributed by atoms with Crippen LogP contribution in [0.4, 0.5) is 10.8 Å². The maximum absolute atomic E-state index is 4.92. The van der Waals surface area contributed by atoms with E-state index >= 15 is 0 Å². The fraction of sp³-hybridized carbons (Fsp3) is 0.261. The van der Waals surface area contributed by atoms with Crippen molar-refractivity contribution in [2.75, 3.05) is 5.32 Å². The molecule has 0 radical (unpaired) electrons. The number of thiazole rings is 1. The van der Waals surface area contributed by atoms with Crippen molar-refractivity contribution in [1.29, 1.82) is 0 Å². The molecule has 0 amide bonds. The predicted octanol–water partition coefficient (Wildman–Crippen LogP) is 6.86. The Labute approximate surface area is 160 Å². The Morgan fingerprint density at radius 3 is 2.46 bits per heavy atom. The summed E-state index contributed by atoms with van der Waals surface area (Å²) in [5.74, 6) is 0.353. The zero-order valence-electron chi connectivity index (χ0n) is 15.7. The monoisotopic (exact) mass is 362 g/mol. The van der Waals surface area contributed by atoms with Crippen molar-refractivity contribution in [2.45, 2.75) is 39.5 Å². The predicted molar refractivity (Wildman–Crippen MR) is 114 cm³/mol. The topological polar surface area (TPSA) is 24.9 Å². The first kappa shape index (κ1) is 18.4. The normalized spacial score (nSPS) is 12.4. The van der Waals surface area contributed by atoms with E-state index in [4.69, 9.17) is 4.98 Å². The zero-order valence-corrected chi connectivity index (χ0v) is 16.5. The number of hydrogen-bond acceptors (Lipinski definition) is 3. The van der Waals surface area contributed by atoms with Crippen LogP contribution in [0.3, 0.4) is 0 Å². The van der Waals surface area contributed by atoms with Gasteiger partial charge in [-0.3, -0.25) is 0 Å². The van der Waals surface area contributed by atoms with Gasteiger partial charge in [0.2, 0.25) is 0 Å². The van der Waals surface area contributed by atoms with Crippen molar-refractivity contribution in [3.8, 4) is 0 Å². The summed E-state index contributed by atoms with van der Waals surface area (Å²) in [6, 6.07) is 19.3. The SMILES string of the molecule is C/C=C/Cc1ccc(Nc2nc(C(CC)c3ccccc3)c(C)s2)cc1. The van der Waals surface area contributed by atoms with Crippen LogP contribution >= 0.6 is 11.3 Å². The van der Waals surface area contributed by atoms with Crippen LogP contribution in [0.15, 0.2) is 66.7 Å². The second-order valence-electron chi connectivity index (χ2n) is 6.43. The number of nitrogens with zero attached hydrogens (tertiary/aromatic N) is 1. The lowest BCUT2D eigenvalue weighted by molar-refractivity contribution is 0.751. The quantitative estimate of drug-likeness (QED) is 0.465. The van der Waals surface area contributed by atoms with Gasteiger partial charge < -0.3 is 5.32 Å². The molecule has 134 valence electrons. The van der Waals surface area contributed by atoms with Crippen LogP contribution in [-0.4, -0.2) is 4.98 Å². The first-order valence-corrected chi connectivity index (χ1v) is 10.0. The third-order valence-corrected chi connectivity index (χ3v) is 5.47. The van der Waals surface area contributed by atoms with Crippen LogP contribution in [0.25, 0.3) is 0 Å². The van der Waals surface area contributed by atoms with Crippen molar-refractivity contribution in [3.05, 3.63) is 88.4 Å². The van der Waals surface area contributed by atoms with Crippen molar-refractivity contribution in [1.82, 2.24) is 4.98 Å². The smallest absolute Gasteiger partial charge is 0.187 e. The van der Waals surface area contributed by atoms with Crippen molar-refractivity contribution < 1.29 is 0 Å². The van der Waals surface area contributed by atoms with Gasteiger partial charge in [0.1, 0.15) is 0 Å². The number of hydrogen-bond donors (Lipinski definition) is 1. The van der Waals surface area contributed by atoms with E-state index in [0.717, 1.165) is 23.7 Å². The van der Waals surface area contributed by atoms with Crippen molar-refractivity contribution in [2.24, 2.45) is 0 Å². The zero-order chi connectivity index (χ0) is 18.4. The molecular formula is C23H26N2S. The molecule has 0 aliphatic carbocycles. The molecule has 0 aliphatic rings. The van der Waals surface area contributed by atoms with Gasteiger partial charge in [-0.25, -0.2) is 4.98 Å². The van der Waals surface area contributed by atoms with E-state index in [2.05, 4.69) is 92.8 Å². The van der Waals surface area contributed by atoms with Gasteiger partial charge in [0, 0.05) is 16.5 Å². The molecule has 1 heterocycles. The van der Waals surface area contributed by atoms with E-state index in [9.17, 15) is 0 Å². The lowest BCUT2D eigenvalue weighted by Crippen LogP contribution is -2.02. The first-order chi connectivity index (χ1) is 12.7. The summed E-state index contributed by atoms with van der Waals surface area (Å²) in [7, 11) is 0. The van der Waals surface area contributed by atoms with Gasteiger partial charge in [-0.15, -0.1) is 11.3 Å². The Hall–Kier alpha value is -2.39. The highest BCUT2D eigenvalue weighted by atomic mass is 32.1. The minimum Gasteiger partial charge on any atom is -0.332 e. The minimum absolute atomic E-state index is 0.353. The summed E-state index contributed by atoms with van der Waals surface area (Å²) in [5, 5.41) is 4.43. The van der Waals surface area contributed by atoms with Crippen LogP contribution < -0.4 is 5.32 Å². The molecule has 0 saturated carbocycles. The molecule has 0 spiro atoms. The molecule has 0 bridgehead atoms. The summed E-state index contributed by atoms with van der Waals surface area (Å²) in [5.41, 5.74) is 4.93. The highest BCUT2D eigenvalue weighted by molar-refractivity contribution is 7.15.